The molecule has 0 aliphatic carbocycles. The first kappa shape index (κ1) is 16.2. The molecule has 2 aromatic heterocycles. The Labute approximate surface area is 150 Å². The zero-order valence-electron chi connectivity index (χ0n) is 13.3. The van der Waals surface area contributed by atoms with Gasteiger partial charge in [0.25, 0.3) is 0 Å². The topological polar surface area (TPSA) is 81.0 Å². The van der Waals surface area contributed by atoms with Gasteiger partial charge in [0.05, 0.1) is 5.69 Å². The van der Waals surface area contributed by atoms with Gasteiger partial charge in [-0.05, 0) is 30.3 Å². The van der Waals surface area contributed by atoms with Crippen molar-refractivity contribution in [2.24, 2.45) is 0 Å². The number of nitrogens with one attached hydrogen (secondary N) is 1. The second-order valence-corrected chi connectivity index (χ2v) is 6.22. The molecule has 0 aliphatic rings. The Balaban J connectivity index is 1.48. The van der Waals surface area contributed by atoms with Gasteiger partial charge in [-0.25, -0.2) is 19.3 Å². The summed E-state index contributed by atoms with van der Waals surface area (Å²) in [7, 11) is 0. The van der Waals surface area contributed by atoms with Crippen molar-refractivity contribution in [1.29, 1.82) is 0 Å². The van der Waals surface area contributed by atoms with Crippen LogP contribution < -0.4 is 10.5 Å². The van der Waals surface area contributed by atoms with Gasteiger partial charge >= 0.3 is 5.76 Å². The number of hydrogen-bond acceptors (Lipinski definition) is 6. The summed E-state index contributed by atoms with van der Waals surface area (Å²) < 4.78 is 24.5. The van der Waals surface area contributed by atoms with Crippen LogP contribution in [0.4, 0.5) is 4.39 Å². The number of aromatic nitrogens is 3. The molecule has 26 heavy (non-hydrogen) atoms. The molecule has 0 unspecified atom stereocenters. The average molecular weight is 369 g/mol. The lowest BCUT2D eigenvalue weighted by atomic mass is 10.2. The van der Waals surface area contributed by atoms with Gasteiger partial charge in [-0.1, -0.05) is 18.2 Å². The molecule has 0 saturated carbocycles. The fourth-order valence-electron chi connectivity index (χ4n) is 2.36. The van der Waals surface area contributed by atoms with Crippen LogP contribution in [0.15, 0.2) is 63.1 Å². The van der Waals surface area contributed by atoms with Crippen LogP contribution in [0, 0.1) is 5.82 Å². The van der Waals surface area contributed by atoms with E-state index in [0.29, 0.717) is 27.6 Å². The molecule has 130 valence electrons. The van der Waals surface area contributed by atoms with E-state index in [-0.39, 0.29) is 18.3 Å². The Morgan fingerprint density at radius 3 is 2.88 bits per heavy atom. The lowest BCUT2D eigenvalue weighted by Gasteiger charge is -2.05. The van der Waals surface area contributed by atoms with Gasteiger partial charge in [-0.15, -0.1) is 16.4 Å². The van der Waals surface area contributed by atoms with E-state index in [1.54, 1.807) is 42.5 Å². The average Bonchev–Trinajstić information content (AvgIpc) is 3.30. The SMILES string of the molecule is O=c1[nH]nc(-c2cccc(OCc3csc(-c4ccccc4F)n3)c2)o1. The summed E-state index contributed by atoms with van der Waals surface area (Å²) in [6.07, 6.45) is 0. The molecule has 8 heteroatoms. The smallest absolute Gasteiger partial charge is 0.434 e. The number of aromatic amines is 1. The highest BCUT2D eigenvalue weighted by molar-refractivity contribution is 7.13. The van der Waals surface area contributed by atoms with Crippen LogP contribution in [0.2, 0.25) is 0 Å². The van der Waals surface area contributed by atoms with Crippen LogP contribution in [0.1, 0.15) is 5.69 Å². The van der Waals surface area contributed by atoms with Gasteiger partial charge in [0.15, 0.2) is 0 Å². The van der Waals surface area contributed by atoms with Gasteiger partial charge < -0.3 is 9.15 Å². The number of halogens is 1. The van der Waals surface area contributed by atoms with Crippen molar-refractivity contribution in [2.45, 2.75) is 6.61 Å². The van der Waals surface area contributed by atoms with Crippen molar-refractivity contribution in [1.82, 2.24) is 15.2 Å². The highest BCUT2D eigenvalue weighted by atomic mass is 32.1. The van der Waals surface area contributed by atoms with Crippen molar-refractivity contribution >= 4 is 11.3 Å². The molecule has 0 spiro atoms. The maximum atomic E-state index is 13.8. The Bertz CT molecular complexity index is 1100. The summed E-state index contributed by atoms with van der Waals surface area (Å²) in [6.45, 7) is 0.235. The number of benzene rings is 2. The van der Waals surface area contributed by atoms with Crippen molar-refractivity contribution in [2.75, 3.05) is 0 Å². The maximum absolute atomic E-state index is 13.8. The predicted molar refractivity (Wildman–Crippen MR) is 94.4 cm³/mol. The van der Waals surface area contributed by atoms with Gasteiger partial charge in [0.1, 0.15) is 23.2 Å². The van der Waals surface area contributed by atoms with Crippen molar-refractivity contribution < 1.29 is 13.5 Å². The largest absolute Gasteiger partial charge is 0.487 e. The van der Waals surface area contributed by atoms with Crippen LogP contribution in [0.25, 0.3) is 22.0 Å². The lowest BCUT2D eigenvalue weighted by Crippen LogP contribution is -1.96. The number of H-pyrrole nitrogens is 1. The zero-order chi connectivity index (χ0) is 17.9. The molecule has 0 saturated heterocycles. The van der Waals surface area contributed by atoms with E-state index in [1.807, 2.05) is 5.38 Å². The third kappa shape index (κ3) is 3.40. The molecule has 4 rings (SSSR count). The highest BCUT2D eigenvalue weighted by Crippen LogP contribution is 2.27. The van der Waals surface area contributed by atoms with Crippen molar-refractivity contribution in [3.8, 4) is 27.8 Å². The highest BCUT2D eigenvalue weighted by Gasteiger charge is 2.10. The molecule has 2 aromatic carbocycles. The molecule has 4 aromatic rings. The summed E-state index contributed by atoms with van der Waals surface area (Å²) in [5.74, 6) is -0.151. The first-order valence-electron chi connectivity index (χ1n) is 7.67. The fourth-order valence-corrected chi connectivity index (χ4v) is 3.19. The normalized spacial score (nSPS) is 10.8. The summed E-state index contributed by atoms with van der Waals surface area (Å²) in [4.78, 5) is 15.5. The molecule has 0 atom stereocenters. The zero-order valence-corrected chi connectivity index (χ0v) is 14.1. The van der Waals surface area contributed by atoms with E-state index < -0.39 is 5.76 Å². The molecule has 1 N–H and O–H groups in total. The van der Waals surface area contributed by atoms with E-state index >= 15 is 0 Å². The molecule has 0 aliphatic heterocycles. The summed E-state index contributed by atoms with van der Waals surface area (Å²) in [5, 5.41) is 8.44. The standard InChI is InChI=1S/C18H12FN3O3S/c19-15-7-2-1-6-14(15)17-20-12(10-26-17)9-24-13-5-3-4-11(8-13)16-21-22-18(23)25-16/h1-8,10H,9H2,(H,22,23). The number of thiazole rings is 1. The first-order valence-corrected chi connectivity index (χ1v) is 8.55. The van der Waals surface area contributed by atoms with Crippen LogP contribution >= 0.6 is 11.3 Å². The molecule has 0 fully saturated rings. The Morgan fingerprint density at radius 2 is 2.08 bits per heavy atom. The minimum atomic E-state index is -0.616. The van der Waals surface area contributed by atoms with Crippen LogP contribution in [0.5, 0.6) is 5.75 Å². The quantitative estimate of drug-likeness (QED) is 0.577. The van der Waals surface area contributed by atoms with Crippen molar-refractivity contribution in [3.05, 3.63) is 76.0 Å². The molecule has 0 radical (unpaired) electrons. The fraction of sp³-hybridized carbons (Fsp3) is 0.0556. The molecule has 2 heterocycles. The molecule has 0 amide bonds. The number of ether oxygens (including phenoxy) is 1. The van der Waals surface area contributed by atoms with Crippen LogP contribution in [-0.4, -0.2) is 15.2 Å². The summed E-state index contributed by atoms with van der Waals surface area (Å²) >= 11 is 1.36. The van der Waals surface area contributed by atoms with E-state index in [4.69, 9.17) is 9.15 Å². The molecule has 0 bridgehead atoms. The lowest BCUT2D eigenvalue weighted by molar-refractivity contribution is 0.302. The Kier molecular flexibility index (Phi) is 4.32. The number of hydrogen-bond donors (Lipinski definition) is 1. The van der Waals surface area contributed by atoms with Crippen LogP contribution in [0.3, 0.4) is 0 Å². The molecular weight excluding hydrogens is 357 g/mol. The first-order chi connectivity index (χ1) is 12.7. The molecular formula is C18H12FN3O3S. The maximum Gasteiger partial charge on any atom is 0.434 e. The van der Waals surface area contributed by atoms with Gasteiger partial charge in [-0.2, -0.15) is 0 Å². The van der Waals surface area contributed by atoms with Crippen LogP contribution in [-0.2, 0) is 6.61 Å². The number of rotatable bonds is 5. The van der Waals surface area contributed by atoms with Gasteiger partial charge in [-0.3, -0.25) is 0 Å². The second kappa shape index (κ2) is 6.93. The molecule has 6 nitrogen and oxygen atoms in total. The minimum Gasteiger partial charge on any atom is -0.487 e. The Morgan fingerprint density at radius 1 is 1.19 bits per heavy atom. The van der Waals surface area contributed by atoms with Gasteiger partial charge in [0.2, 0.25) is 5.89 Å². The van der Waals surface area contributed by atoms with E-state index in [9.17, 15) is 9.18 Å². The minimum absolute atomic E-state index is 0.191. The monoisotopic (exact) mass is 369 g/mol. The second-order valence-electron chi connectivity index (χ2n) is 5.36. The predicted octanol–water partition coefficient (Wildman–Crippen LogP) is 3.87. The van der Waals surface area contributed by atoms with Gasteiger partial charge in [0, 0.05) is 16.5 Å². The number of nitrogens with zero attached hydrogens (tertiary/aromatic N) is 2. The summed E-state index contributed by atoms with van der Waals surface area (Å²) in [5.41, 5.74) is 1.79. The van der Waals surface area contributed by atoms with E-state index in [1.165, 1.54) is 17.4 Å². The summed E-state index contributed by atoms with van der Waals surface area (Å²) in [6, 6.07) is 13.5. The van der Waals surface area contributed by atoms with Crippen molar-refractivity contribution in [3.63, 3.8) is 0 Å². The van der Waals surface area contributed by atoms with E-state index in [0.717, 1.165) is 0 Å². The van der Waals surface area contributed by atoms with E-state index in [2.05, 4.69) is 15.2 Å². The Hall–Kier alpha value is -3.26. The third-order valence-electron chi connectivity index (χ3n) is 3.56. The third-order valence-corrected chi connectivity index (χ3v) is 4.49.